The Morgan fingerprint density at radius 2 is 1.36 bits per heavy atom. The molecule has 0 aliphatic carbocycles. The Morgan fingerprint density at radius 1 is 0.909 bits per heavy atom. The molecule has 0 rings (SSSR count). The normalized spacial score (nSPS) is 15.7. The highest BCUT2D eigenvalue weighted by atomic mass is 28.4. The Labute approximate surface area is 141 Å². The first-order valence-corrected chi connectivity index (χ1v) is 14.4. The van der Waals surface area contributed by atoms with Gasteiger partial charge in [0.05, 0.1) is 6.10 Å². The minimum absolute atomic E-state index is 0.239. The van der Waals surface area contributed by atoms with Crippen molar-refractivity contribution in [1.82, 2.24) is 0 Å². The molecule has 0 spiro atoms. The maximum Gasteiger partial charge on any atom is 0.192 e. The molecule has 0 aliphatic rings. The first kappa shape index (κ1) is 22.1. The molecule has 0 bridgehead atoms. The molecular formula is C18H40O2Si2. The van der Waals surface area contributed by atoms with Crippen molar-refractivity contribution in [3.63, 3.8) is 0 Å². The Hall–Kier alpha value is 0.0938. The summed E-state index contributed by atoms with van der Waals surface area (Å²) in [4.78, 5) is 0. The van der Waals surface area contributed by atoms with E-state index in [-0.39, 0.29) is 16.2 Å². The Bertz CT molecular complexity index is 349. The van der Waals surface area contributed by atoms with Crippen molar-refractivity contribution in [3.05, 3.63) is 12.7 Å². The monoisotopic (exact) mass is 344 g/mol. The van der Waals surface area contributed by atoms with Gasteiger partial charge in [0.1, 0.15) is 0 Å². The van der Waals surface area contributed by atoms with Gasteiger partial charge in [-0.3, -0.25) is 0 Å². The number of hydrogen-bond donors (Lipinski definition) is 0. The maximum atomic E-state index is 6.55. The van der Waals surface area contributed by atoms with Crippen LogP contribution in [0.4, 0.5) is 0 Å². The lowest BCUT2D eigenvalue weighted by molar-refractivity contribution is 0.144. The minimum atomic E-state index is -1.73. The van der Waals surface area contributed by atoms with Crippen molar-refractivity contribution in [2.75, 3.05) is 6.61 Å². The lowest BCUT2D eigenvalue weighted by Crippen LogP contribution is -2.45. The van der Waals surface area contributed by atoms with Gasteiger partial charge in [-0.25, -0.2) is 0 Å². The number of rotatable bonds is 8. The average Bonchev–Trinajstić information content (AvgIpc) is 2.25. The first-order valence-electron chi connectivity index (χ1n) is 8.57. The smallest absolute Gasteiger partial charge is 0.192 e. The summed E-state index contributed by atoms with van der Waals surface area (Å²) in [6.07, 6.45) is 4.09. The van der Waals surface area contributed by atoms with E-state index in [0.29, 0.717) is 0 Å². The highest BCUT2D eigenvalue weighted by Crippen LogP contribution is 2.39. The van der Waals surface area contributed by atoms with Gasteiger partial charge in [0.25, 0.3) is 0 Å². The van der Waals surface area contributed by atoms with Crippen LogP contribution in [0, 0.1) is 0 Å². The van der Waals surface area contributed by atoms with E-state index in [1.165, 1.54) is 0 Å². The van der Waals surface area contributed by atoms with Crippen molar-refractivity contribution in [1.29, 1.82) is 0 Å². The minimum Gasteiger partial charge on any atom is -0.417 e. The molecule has 0 saturated heterocycles. The standard InChI is InChI=1S/C18H40O2Si2/c1-12-13-16(20-22(10,11)18(5,6)7)14-15-19-21(8,9)17(2,3)4/h12,16H,1,13-15H2,2-11H3/t16-/m1/s1. The van der Waals surface area contributed by atoms with E-state index < -0.39 is 16.6 Å². The van der Waals surface area contributed by atoms with E-state index in [1.54, 1.807) is 0 Å². The van der Waals surface area contributed by atoms with Gasteiger partial charge in [-0.2, -0.15) is 0 Å². The van der Waals surface area contributed by atoms with E-state index in [2.05, 4.69) is 74.3 Å². The van der Waals surface area contributed by atoms with Crippen molar-refractivity contribution in [3.8, 4) is 0 Å². The Balaban J connectivity index is 4.66. The summed E-state index contributed by atoms with van der Waals surface area (Å²) in [6, 6.07) is 0. The van der Waals surface area contributed by atoms with Crippen LogP contribution in [0.25, 0.3) is 0 Å². The van der Waals surface area contributed by atoms with Crippen molar-refractivity contribution >= 4 is 16.6 Å². The van der Waals surface area contributed by atoms with Crippen molar-refractivity contribution < 1.29 is 8.85 Å². The van der Waals surface area contributed by atoms with E-state index in [0.717, 1.165) is 19.4 Å². The van der Waals surface area contributed by atoms with E-state index in [4.69, 9.17) is 8.85 Å². The zero-order valence-corrected chi connectivity index (χ0v) is 18.8. The fraction of sp³-hybridized carbons (Fsp3) is 0.889. The maximum absolute atomic E-state index is 6.55. The third kappa shape index (κ3) is 6.69. The van der Waals surface area contributed by atoms with Gasteiger partial charge in [-0.1, -0.05) is 47.6 Å². The third-order valence-corrected chi connectivity index (χ3v) is 14.5. The molecule has 0 heterocycles. The molecule has 0 unspecified atom stereocenters. The van der Waals surface area contributed by atoms with Crippen LogP contribution in [-0.4, -0.2) is 29.3 Å². The molecule has 2 nitrogen and oxygen atoms in total. The van der Waals surface area contributed by atoms with Gasteiger partial charge in [-0.15, -0.1) is 6.58 Å². The topological polar surface area (TPSA) is 18.5 Å². The second kappa shape index (κ2) is 7.78. The molecule has 0 aliphatic heterocycles. The van der Waals surface area contributed by atoms with Gasteiger partial charge in [0.15, 0.2) is 16.6 Å². The summed E-state index contributed by atoms with van der Waals surface area (Å²) in [7, 11) is -3.39. The van der Waals surface area contributed by atoms with E-state index in [9.17, 15) is 0 Å². The summed E-state index contributed by atoms with van der Waals surface area (Å²) >= 11 is 0. The van der Waals surface area contributed by atoms with E-state index >= 15 is 0 Å². The fourth-order valence-electron chi connectivity index (χ4n) is 1.67. The zero-order chi connectivity index (χ0) is 17.8. The Morgan fingerprint density at radius 3 is 1.73 bits per heavy atom. The average molecular weight is 345 g/mol. The van der Waals surface area contributed by atoms with Crippen LogP contribution >= 0.6 is 0 Å². The van der Waals surface area contributed by atoms with Crippen LogP contribution in [-0.2, 0) is 8.85 Å². The quantitative estimate of drug-likeness (QED) is 0.376. The number of hydrogen-bond acceptors (Lipinski definition) is 2. The van der Waals surface area contributed by atoms with Crippen LogP contribution < -0.4 is 0 Å². The molecule has 0 N–H and O–H groups in total. The molecule has 1 atom stereocenters. The van der Waals surface area contributed by atoms with Crippen molar-refractivity contribution in [2.24, 2.45) is 0 Å². The summed E-state index contributed by atoms with van der Waals surface area (Å²) in [5.74, 6) is 0. The first-order chi connectivity index (χ1) is 9.64. The molecule has 0 aromatic rings. The van der Waals surface area contributed by atoms with Gasteiger partial charge in [0, 0.05) is 6.61 Å². The summed E-state index contributed by atoms with van der Waals surface area (Å²) in [6.45, 7) is 27.7. The van der Waals surface area contributed by atoms with Crippen LogP contribution in [0.2, 0.25) is 36.3 Å². The lowest BCUT2D eigenvalue weighted by atomic mass is 10.2. The van der Waals surface area contributed by atoms with Crippen molar-refractivity contribution in [2.45, 2.75) is 96.8 Å². The molecule has 0 saturated carbocycles. The summed E-state index contributed by atoms with van der Waals surface area (Å²) in [5, 5.41) is 0.508. The van der Waals surface area contributed by atoms with Crippen LogP contribution in [0.3, 0.4) is 0 Å². The highest BCUT2D eigenvalue weighted by molar-refractivity contribution is 6.74. The van der Waals surface area contributed by atoms with Gasteiger partial charge in [0.2, 0.25) is 0 Å². The molecular weight excluding hydrogens is 304 g/mol. The fourth-order valence-corrected chi connectivity index (χ4v) is 4.13. The zero-order valence-electron chi connectivity index (χ0n) is 16.8. The largest absolute Gasteiger partial charge is 0.417 e. The molecule has 132 valence electrons. The second-order valence-corrected chi connectivity index (χ2v) is 19.0. The predicted octanol–water partition coefficient (Wildman–Crippen LogP) is 6.36. The third-order valence-electron chi connectivity index (χ3n) is 5.41. The molecule has 0 aromatic carbocycles. The molecule has 22 heavy (non-hydrogen) atoms. The van der Waals surface area contributed by atoms with Crippen LogP contribution in [0.15, 0.2) is 12.7 Å². The molecule has 0 aromatic heterocycles. The van der Waals surface area contributed by atoms with E-state index in [1.807, 2.05) is 6.08 Å². The molecule has 0 amide bonds. The summed E-state index contributed by atoms with van der Waals surface area (Å²) in [5.41, 5.74) is 0. The van der Waals surface area contributed by atoms with Crippen LogP contribution in [0.1, 0.15) is 54.4 Å². The van der Waals surface area contributed by atoms with Crippen LogP contribution in [0.5, 0.6) is 0 Å². The lowest BCUT2D eigenvalue weighted by Gasteiger charge is -2.40. The second-order valence-electron chi connectivity index (χ2n) is 9.42. The molecule has 0 fully saturated rings. The summed E-state index contributed by atoms with van der Waals surface area (Å²) < 4.78 is 12.9. The predicted molar refractivity (Wildman–Crippen MR) is 105 cm³/mol. The SMILES string of the molecule is C=CC[C@H](CCO[Si](C)(C)C(C)(C)C)O[Si](C)(C)C(C)(C)C. The molecule has 0 radical (unpaired) electrons. The highest BCUT2D eigenvalue weighted by Gasteiger charge is 2.40. The molecule has 4 heteroatoms. The van der Waals surface area contributed by atoms with Gasteiger partial charge >= 0.3 is 0 Å². The van der Waals surface area contributed by atoms with Gasteiger partial charge < -0.3 is 8.85 Å². The van der Waals surface area contributed by atoms with Gasteiger partial charge in [-0.05, 0) is 49.1 Å². The Kier molecular flexibility index (Phi) is 7.81.